The number of hydrogen-bond donors (Lipinski definition) is 2. The molecule has 7 nitrogen and oxygen atoms in total. The summed E-state index contributed by atoms with van der Waals surface area (Å²) in [5.41, 5.74) is 0.214. The summed E-state index contributed by atoms with van der Waals surface area (Å²) < 4.78 is 45.6. The van der Waals surface area contributed by atoms with Crippen molar-refractivity contribution in [3.63, 3.8) is 0 Å². The third kappa shape index (κ3) is 4.90. The fourth-order valence-electron chi connectivity index (χ4n) is 3.85. The van der Waals surface area contributed by atoms with Crippen LogP contribution in [0.2, 0.25) is 5.02 Å². The van der Waals surface area contributed by atoms with Gasteiger partial charge in [-0.25, -0.2) is 18.0 Å². The van der Waals surface area contributed by atoms with E-state index in [4.69, 9.17) is 16.3 Å². The van der Waals surface area contributed by atoms with E-state index in [0.29, 0.717) is 0 Å². The molecule has 0 spiro atoms. The Morgan fingerprint density at radius 3 is 2.52 bits per heavy atom. The summed E-state index contributed by atoms with van der Waals surface area (Å²) >= 11 is 6.34. The summed E-state index contributed by atoms with van der Waals surface area (Å²) in [6, 6.07) is 7.81. The molecule has 0 radical (unpaired) electrons. The molecule has 2 aromatic carbocycles. The molecule has 2 fully saturated rings. The van der Waals surface area contributed by atoms with Crippen LogP contribution in [0.15, 0.2) is 48.5 Å². The standard InChI is InChI=1S/C22H19ClF3N3O4/c23-16-7-2-1-6-15(16)18(19(30)27-13-9-22(25,26)10-13)29(14-5-3-4-12(24)8-14)20(31)17-11-33-21(32)28-17/h1-8,13,17-18H,9-11H2,(H,27,30)(H,28,32)/t17-,18?/m0/s1. The fourth-order valence-corrected chi connectivity index (χ4v) is 4.09. The van der Waals surface area contributed by atoms with Crippen molar-refractivity contribution in [1.29, 1.82) is 0 Å². The van der Waals surface area contributed by atoms with Gasteiger partial charge in [0.25, 0.3) is 11.8 Å². The lowest BCUT2D eigenvalue weighted by molar-refractivity contribution is -0.133. The Labute approximate surface area is 191 Å². The minimum atomic E-state index is -2.87. The SMILES string of the molecule is O=C1N[C@H](C(=O)N(c2cccc(F)c2)C(C(=O)NC2CC(F)(F)C2)c2ccccc2Cl)CO1. The highest BCUT2D eigenvalue weighted by Gasteiger charge is 2.47. The topological polar surface area (TPSA) is 87.7 Å². The maximum Gasteiger partial charge on any atom is 0.407 e. The maximum atomic E-state index is 14.1. The number of amides is 3. The van der Waals surface area contributed by atoms with Gasteiger partial charge in [-0.15, -0.1) is 0 Å². The Kier molecular flexibility index (Phi) is 6.20. The molecular formula is C22H19ClF3N3O4. The Morgan fingerprint density at radius 1 is 1.18 bits per heavy atom. The van der Waals surface area contributed by atoms with E-state index in [1.807, 2.05) is 0 Å². The first kappa shape index (κ1) is 22.9. The largest absolute Gasteiger partial charge is 0.447 e. The first-order valence-corrected chi connectivity index (χ1v) is 10.5. The fraction of sp³-hybridized carbons (Fsp3) is 0.318. The minimum absolute atomic E-state index is 0.0140. The molecule has 3 amide bonds. The summed E-state index contributed by atoms with van der Waals surface area (Å²) in [4.78, 5) is 39.4. The molecule has 1 saturated heterocycles. The maximum absolute atomic E-state index is 14.1. The van der Waals surface area contributed by atoms with E-state index in [1.165, 1.54) is 24.3 Å². The smallest absolute Gasteiger partial charge is 0.407 e. The quantitative estimate of drug-likeness (QED) is 0.660. The monoisotopic (exact) mass is 481 g/mol. The van der Waals surface area contributed by atoms with Gasteiger partial charge in [-0.2, -0.15) is 0 Å². The zero-order valence-corrected chi connectivity index (χ0v) is 17.8. The molecule has 11 heteroatoms. The van der Waals surface area contributed by atoms with Gasteiger partial charge in [-0.05, 0) is 24.3 Å². The zero-order valence-electron chi connectivity index (χ0n) is 17.1. The molecule has 0 bridgehead atoms. The number of nitrogens with zero attached hydrogens (tertiary/aromatic N) is 1. The van der Waals surface area contributed by atoms with Gasteiger partial charge >= 0.3 is 6.09 Å². The van der Waals surface area contributed by atoms with Crippen LogP contribution in [-0.4, -0.2) is 42.5 Å². The molecular weight excluding hydrogens is 463 g/mol. The van der Waals surface area contributed by atoms with Crippen molar-refractivity contribution >= 4 is 35.2 Å². The van der Waals surface area contributed by atoms with Crippen molar-refractivity contribution in [2.45, 2.75) is 36.9 Å². The predicted molar refractivity (Wildman–Crippen MR) is 112 cm³/mol. The number of cyclic esters (lactones) is 1. The van der Waals surface area contributed by atoms with Crippen molar-refractivity contribution in [2.24, 2.45) is 0 Å². The number of rotatable bonds is 6. The Bertz CT molecular complexity index is 1090. The summed E-state index contributed by atoms with van der Waals surface area (Å²) in [5, 5.41) is 5.01. The van der Waals surface area contributed by atoms with E-state index in [0.717, 1.165) is 17.0 Å². The third-order valence-corrected chi connectivity index (χ3v) is 5.78. The zero-order chi connectivity index (χ0) is 23.8. The van der Waals surface area contributed by atoms with E-state index in [9.17, 15) is 27.6 Å². The van der Waals surface area contributed by atoms with Crippen molar-refractivity contribution in [3.8, 4) is 0 Å². The van der Waals surface area contributed by atoms with E-state index in [2.05, 4.69) is 10.6 Å². The molecule has 4 rings (SSSR count). The summed E-state index contributed by atoms with van der Waals surface area (Å²) in [5.74, 6) is -5.08. The van der Waals surface area contributed by atoms with Crippen LogP contribution >= 0.6 is 11.6 Å². The van der Waals surface area contributed by atoms with Crippen molar-refractivity contribution in [2.75, 3.05) is 11.5 Å². The van der Waals surface area contributed by atoms with E-state index < -0.39 is 60.6 Å². The summed E-state index contributed by atoms with van der Waals surface area (Å²) in [6.45, 7) is -0.296. The van der Waals surface area contributed by atoms with E-state index in [1.54, 1.807) is 12.1 Å². The number of alkyl halides is 2. The molecule has 1 saturated carbocycles. The number of carbonyl (C=O) groups is 3. The number of ether oxygens (including phenoxy) is 1. The van der Waals surface area contributed by atoms with Crippen LogP contribution in [0.4, 0.5) is 23.7 Å². The van der Waals surface area contributed by atoms with Crippen LogP contribution in [-0.2, 0) is 14.3 Å². The first-order chi connectivity index (χ1) is 15.6. The number of carbonyl (C=O) groups excluding carboxylic acids is 3. The average Bonchev–Trinajstić information content (AvgIpc) is 3.17. The number of anilines is 1. The van der Waals surface area contributed by atoms with Crippen LogP contribution in [0.1, 0.15) is 24.4 Å². The van der Waals surface area contributed by atoms with Gasteiger partial charge in [-0.3, -0.25) is 14.5 Å². The van der Waals surface area contributed by atoms with Gasteiger partial charge in [0.15, 0.2) is 0 Å². The third-order valence-electron chi connectivity index (χ3n) is 5.44. The van der Waals surface area contributed by atoms with Gasteiger partial charge in [0.05, 0.1) is 0 Å². The molecule has 2 N–H and O–H groups in total. The second-order valence-corrected chi connectivity index (χ2v) is 8.28. The van der Waals surface area contributed by atoms with Gasteiger partial charge < -0.3 is 15.4 Å². The van der Waals surface area contributed by atoms with Gasteiger partial charge in [0.2, 0.25) is 5.91 Å². The molecule has 1 unspecified atom stereocenters. The minimum Gasteiger partial charge on any atom is -0.447 e. The lowest BCUT2D eigenvalue weighted by Crippen LogP contribution is -2.56. The molecule has 174 valence electrons. The summed E-state index contributed by atoms with van der Waals surface area (Å²) in [7, 11) is 0. The summed E-state index contributed by atoms with van der Waals surface area (Å²) in [6.07, 6.45) is -1.88. The lowest BCUT2D eigenvalue weighted by atomic mass is 9.87. The second kappa shape index (κ2) is 8.93. The number of halogens is 4. The molecule has 2 atom stereocenters. The van der Waals surface area contributed by atoms with Crippen molar-refractivity contribution < 1.29 is 32.3 Å². The van der Waals surface area contributed by atoms with E-state index in [-0.39, 0.29) is 22.9 Å². The van der Waals surface area contributed by atoms with Crippen LogP contribution in [0.25, 0.3) is 0 Å². The molecule has 33 heavy (non-hydrogen) atoms. The average molecular weight is 482 g/mol. The normalized spacial score (nSPS) is 20.2. The predicted octanol–water partition coefficient (Wildman–Crippen LogP) is 3.58. The van der Waals surface area contributed by atoms with Crippen LogP contribution in [0.3, 0.4) is 0 Å². The number of nitrogens with one attached hydrogen (secondary N) is 2. The van der Waals surface area contributed by atoms with Crippen molar-refractivity contribution in [1.82, 2.24) is 10.6 Å². The molecule has 2 aliphatic rings. The number of benzene rings is 2. The van der Waals surface area contributed by atoms with Crippen LogP contribution < -0.4 is 15.5 Å². The van der Waals surface area contributed by atoms with E-state index >= 15 is 0 Å². The highest BCUT2D eigenvalue weighted by Crippen LogP contribution is 2.39. The highest BCUT2D eigenvalue weighted by atomic mass is 35.5. The second-order valence-electron chi connectivity index (χ2n) is 7.88. The molecule has 1 aliphatic heterocycles. The van der Waals surface area contributed by atoms with Crippen LogP contribution in [0, 0.1) is 5.82 Å². The lowest BCUT2D eigenvalue weighted by Gasteiger charge is -2.38. The molecule has 1 heterocycles. The Morgan fingerprint density at radius 2 is 1.91 bits per heavy atom. The first-order valence-electron chi connectivity index (χ1n) is 10.1. The van der Waals surface area contributed by atoms with Gasteiger partial charge in [-0.1, -0.05) is 35.9 Å². The van der Waals surface area contributed by atoms with Gasteiger partial charge in [0.1, 0.15) is 24.5 Å². The Hall–Kier alpha value is -3.27. The van der Waals surface area contributed by atoms with Crippen LogP contribution in [0.5, 0.6) is 0 Å². The molecule has 2 aromatic rings. The highest BCUT2D eigenvalue weighted by molar-refractivity contribution is 6.31. The molecule has 0 aromatic heterocycles. The van der Waals surface area contributed by atoms with Gasteiger partial charge in [0, 0.05) is 35.2 Å². The van der Waals surface area contributed by atoms with Crippen molar-refractivity contribution in [3.05, 3.63) is 64.9 Å². The number of alkyl carbamates (subject to hydrolysis) is 1. The molecule has 1 aliphatic carbocycles. The number of hydrogen-bond acceptors (Lipinski definition) is 4. The Balaban J connectivity index is 1.77.